The number of nitriles is 1. The number of rotatable bonds is 7. The van der Waals surface area contributed by atoms with Crippen LogP contribution in [0.4, 0.5) is 16.2 Å². The zero-order valence-corrected chi connectivity index (χ0v) is 16.3. The van der Waals surface area contributed by atoms with Crippen molar-refractivity contribution in [3.05, 3.63) is 90.3 Å². The molecule has 0 bridgehead atoms. The molecule has 150 valence electrons. The molecule has 0 aliphatic rings. The standard InChI is InChI=1S/C23H21N5O2/c24-13-5-15-28(17-18-6-4-14-25-16-18)22(29)19-9-11-21(12-10-19)27-23(30)26-20-7-2-1-3-8-20/h1-4,6-12,14,16H,5,15,17H2,(H2,26,27,30). The maximum atomic E-state index is 12.9. The Morgan fingerprint density at radius 1 is 0.933 bits per heavy atom. The second-order valence-electron chi connectivity index (χ2n) is 6.52. The van der Waals surface area contributed by atoms with Gasteiger partial charge in [0.1, 0.15) is 0 Å². The van der Waals surface area contributed by atoms with E-state index in [4.69, 9.17) is 5.26 Å². The molecule has 0 spiro atoms. The summed E-state index contributed by atoms with van der Waals surface area (Å²) in [6.07, 6.45) is 3.61. The lowest BCUT2D eigenvalue weighted by Crippen LogP contribution is -2.31. The van der Waals surface area contributed by atoms with Crippen LogP contribution in [0.5, 0.6) is 0 Å². The number of anilines is 2. The van der Waals surface area contributed by atoms with Crippen LogP contribution in [0, 0.1) is 11.3 Å². The summed E-state index contributed by atoms with van der Waals surface area (Å²) < 4.78 is 0. The Morgan fingerprint density at radius 2 is 1.63 bits per heavy atom. The maximum Gasteiger partial charge on any atom is 0.323 e. The molecule has 30 heavy (non-hydrogen) atoms. The van der Waals surface area contributed by atoms with Gasteiger partial charge in [-0.1, -0.05) is 24.3 Å². The summed E-state index contributed by atoms with van der Waals surface area (Å²) >= 11 is 0. The minimum atomic E-state index is -0.368. The lowest BCUT2D eigenvalue weighted by Gasteiger charge is -2.22. The first-order valence-corrected chi connectivity index (χ1v) is 9.44. The molecule has 0 saturated carbocycles. The van der Waals surface area contributed by atoms with Gasteiger partial charge >= 0.3 is 6.03 Å². The molecule has 7 heteroatoms. The molecule has 0 saturated heterocycles. The van der Waals surface area contributed by atoms with Crippen LogP contribution in [0.2, 0.25) is 0 Å². The maximum absolute atomic E-state index is 12.9. The van der Waals surface area contributed by atoms with Crippen molar-refractivity contribution in [2.75, 3.05) is 17.2 Å². The van der Waals surface area contributed by atoms with Crippen LogP contribution in [-0.2, 0) is 6.54 Å². The molecule has 0 atom stereocenters. The SMILES string of the molecule is N#CCCN(Cc1cccnc1)C(=O)c1ccc(NC(=O)Nc2ccccc2)cc1. The van der Waals surface area contributed by atoms with Crippen molar-refractivity contribution in [3.8, 4) is 6.07 Å². The molecular weight excluding hydrogens is 378 g/mol. The summed E-state index contributed by atoms with van der Waals surface area (Å²) in [6, 6.07) is 21.2. The van der Waals surface area contributed by atoms with E-state index in [1.165, 1.54) is 0 Å². The third-order valence-corrected chi connectivity index (χ3v) is 4.30. The van der Waals surface area contributed by atoms with Gasteiger partial charge in [0.05, 0.1) is 12.5 Å². The van der Waals surface area contributed by atoms with E-state index in [0.717, 1.165) is 5.56 Å². The van der Waals surface area contributed by atoms with Crippen LogP contribution in [-0.4, -0.2) is 28.4 Å². The topological polar surface area (TPSA) is 98.1 Å². The molecule has 3 amide bonds. The van der Waals surface area contributed by atoms with E-state index < -0.39 is 0 Å². The number of para-hydroxylation sites is 1. The molecule has 2 aromatic carbocycles. The van der Waals surface area contributed by atoms with Crippen LogP contribution in [0.25, 0.3) is 0 Å². The summed E-state index contributed by atoms with van der Waals surface area (Å²) in [6.45, 7) is 0.692. The summed E-state index contributed by atoms with van der Waals surface area (Å²) in [5, 5.41) is 14.4. The van der Waals surface area contributed by atoms with Gasteiger partial charge in [-0.2, -0.15) is 5.26 Å². The highest BCUT2D eigenvalue weighted by atomic mass is 16.2. The van der Waals surface area contributed by atoms with Gasteiger partial charge in [-0.25, -0.2) is 4.79 Å². The number of carbonyl (C=O) groups excluding carboxylic acids is 2. The van der Waals surface area contributed by atoms with Crippen LogP contribution >= 0.6 is 0 Å². The third kappa shape index (κ3) is 5.91. The van der Waals surface area contributed by atoms with Crippen LogP contribution in [0.15, 0.2) is 79.1 Å². The van der Waals surface area contributed by atoms with Gasteiger partial charge in [-0.05, 0) is 48.0 Å². The molecule has 0 fully saturated rings. The number of hydrogen-bond acceptors (Lipinski definition) is 4. The van der Waals surface area contributed by atoms with E-state index in [0.29, 0.717) is 30.0 Å². The summed E-state index contributed by atoms with van der Waals surface area (Å²) in [5.41, 5.74) is 2.62. The van der Waals surface area contributed by atoms with Gasteiger partial charge in [0, 0.05) is 42.4 Å². The first-order valence-electron chi connectivity index (χ1n) is 9.44. The van der Waals surface area contributed by atoms with E-state index in [9.17, 15) is 9.59 Å². The second-order valence-corrected chi connectivity index (χ2v) is 6.52. The molecule has 7 nitrogen and oxygen atoms in total. The number of urea groups is 1. The highest BCUT2D eigenvalue weighted by Gasteiger charge is 2.16. The zero-order chi connectivity index (χ0) is 21.2. The largest absolute Gasteiger partial charge is 0.333 e. The van der Waals surface area contributed by atoms with Crippen LogP contribution < -0.4 is 10.6 Å². The Kier molecular flexibility index (Phi) is 7.12. The highest BCUT2D eigenvalue weighted by molar-refractivity contribution is 6.00. The first kappa shape index (κ1) is 20.6. The normalized spacial score (nSPS) is 9.97. The number of aromatic nitrogens is 1. The van der Waals surface area contributed by atoms with Crippen molar-refractivity contribution in [2.45, 2.75) is 13.0 Å². The van der Waals surface area contributed by atoms with Gasteiger partial charge in [0.25, 0.3) is 5.91 Å². The molecule has 0 unspecified atom stereocenters. The van der Waals surface area contributed by atoms with Crippen molar-refractivity contribution in [1.29, 1.82) is 5.26 Å². The Morgan fingerprint density at radius 3 is 2.27 bits per heavy atom. The molecule has 1 aromatic heterocycles. The van der Waals surface area contributed by atoms with E-state index in [2.05, 4.69) is 21.7 Å². The number of benzene rings is 2. The van der Waals surface area contributed by atoms with E-state index in [1.54, 1.807) is 53.7 Å². The van der Waals surface area contributed by atoms with Crippen molar-refractivity contribution >= 4 is 23.3 Å². The molecule has 3 rings (SSSR count). The van der Waals surface area contributed by atoms with Gasteiger partial charge < -0.3 is 15.5 Å². The van der Waals surface area contributed by atoms with Crippen molar-refractivity contribution < 1.29 is 9.59 Å². The van der Waals surface area contributed by atoms with Crippen molar-refractivity contribution in [3.63, 3.8) is 0 Å². The summed E-state index contributed by atoms with van der Waals surface area (Å²) in [4.78, 5) is 30.7. The fraction of sp³-hybridized carbons (Fsp3) is 0.130. The average Bonchev–Trinajstić information content (AvgIpc) is 2.78. The average molecular weight is 399 g/mol. The number of carbonyl (C=O) groups is 2. The fourth-order valence-electron chi connectivity index (χ4n) is 2.84. The predicted octanol–water partition coefficient (Wildman–Crippen LogP) is 4.28. The fourth-order valence-corrected chi connectivity index (χ4v) is 2.84. The minimum Gasteiger partial charge on any atom is -0.333 e. The Bertz CT molecular complexity index is 1010. The molecular formula is C23H21N5O2. The van der Waals surface area contributed by atoms with Gasteiger partial charge in [-0.15, -0.1) is 0 Å². The van der Waals surface area contributed by atoms with Gasteiger partial charge in [0.15, 0.2) is 0 Å². The van der Waals surface area contributed by atoms with Gasteiger partial charge in [0.2, 0.25) is 0 Å². The van der Waals surface area contributed by atoms with E-state index >= 15 is 0 Å². The Labute approximate surface area is 175 Å². The van der Waals surface area contributed by atoms with E-state index in [1.807, 2.05) is 30.3 Å². The number of pyridine rings is 1. The summed E-state index contributed by atoms with van der Waals surface area (Å²) in [5.74, 6) is -0.186. The lowest BCUT2D eigenvalue weighted by atomic mass is 10.1. The molecule has 2 N–H and O–H groups in total. The van der Waals surface area contributed by atoms with Crippen molar-refractivity contribution in [1.82, 2.24) is 9.88 Å². The van der Waals surface area contributed by atoms with Crippen LogP contribution in [0.1, 0.15) is 22.3 Å². The summed E-state index contributed by atoms with van der Waals surface area (Å²) in [7, 11) is 0. The first-order chi connectivity index (χ1) is 14.7. The van der Waals surface area contributed by atoms with E-state index in [-0.39, 0.29) is 18.4 Å². The molecule has 0 radical (unpaired) electrons. The number of nitrogens with one attached hydrogen (secondary N) is 2. The Balaban J connectivity index is 1.64. The second kappa shape index (κ2) is 10.4. The number of amides is 3. The zero-order valence-electron chi connectivity index (χ0n) is 16.3. The molecule has 3 aromatic rings. The van der Waals surface area contributed by atoms with Gasteiger partial charge in [-0.3, -0.25) is 9.78 Å². The highest BCUT2D eigenvalue weighted by Crippen LogP contribution is 2.15. The minimum absolute atomic E-state index is 0.186. The molecule has 0 aliphatic carbocycles. The van der Waals surface area contributed by atoms with Crippen molar-refractivity contribution in [2.24, 2.45) is 0 Å². The smallest absolute Gasteiger partial charge is 0.323 e. The monoisotopic (exact) mass is 399 g/mol. The van der Waals surface area contributed by atoms with Crippen LogP contribution in [0.3, 0.4) is 0 Å². The number of nitrogens with zero attached hydrogens (tertiary/aromatic N) is 3. The predicted molar refractivity (Wildman–Crippen MR) is 115 cm³/mol. The number of hydrogen-bond donors (Lipinski definition) is 2. The molecule has 0 aliphatic heterocycles. The lowest BCUT2D eigenvalue weighted by molar-refractivity contribution is 0.0747. The Hall–Kier alpha value is -4.18. The quantitative estimate of drug-likeness (QED) is 0.619. The third-order valence-electron chi connectivity index (χ3n) is 4.30. The molecule has 1 heterocycles.